The number of fused-ring (bicyclic) bond motifs is 2. The van der Waals surface area contributed by atoms with E-state index < -0.39 is 6.29 Å². The van der Waals surface area contributed by atoms with Crippen LogP contribution in [0.25, 0.3) is 33.2 Å². The predicted molar refractivity (Wildman–Crippen MR) is 105 cm³/mol. The Morgan fingerprint density at radius 2 is 1.82 bits per heavy atom. The van der Waals surface area contributed by atoms with Crippen LogP contribution in [0.4, 0.5) is 0 Å². The minimum Gasteiger partial charge on any atom is -0.362 e. The Kier molecular flexibility index (Phi) is 4.08. The Morgan fingerprint density at radius 1 is 1.00 bits per heavy atom. The number of hydrogen-bond donors (Lipinski definition) is 3. The number of benzene rings is 2. The molecule has 0 saturated heterocycles. The van der Waals surface area contributed by atoms with Gasteiger partial charge in [-0.05, 0) is 29.8 Å². The second kappa shape index (κ2) is 6.88. The zero-order valence-electron chi connectivity index (χ0n) is 14.8. The number of ether oxygens (including phenoxy) is 1. The van der Waals surface area contributed by atoms with Gasteiger partial charge in [-0.15, -0.1) is 0 Å². The van der Waals surface area contributed by atoms with E-state index in [1.807, 2.05) is 54.6 Å². The number of aromatic nitrogens is 5. The standard InChI is InChI=1S/C21H17N5O2/c27-21(28-12-13-4-2-1-3-5-13)20-23-17-10-15-16(11-18(17)24-20)25-26-19(15)14-6-8-22-9-7-14/h1-11,21,27H,12H2,(H,23,24)(H,25,26). The summed E-state index contributed by atoms with van der Waals surface area (Å²) >= 11 is 0. The summed E-state index contributed by atoms with van der Waals surface area (Å²) in [7, 11) is 0. The lowest BCUT2D eigenvalue weighted by atomic mass is 10.1. The monoisotopic (exact) mass is 371 g/mol. The second-order valence-electron chi connectivity index (χ2n) is 6.49. The van der Waals surface area contributed by atoms with Crippen LogP contribution in [0, 0.1) is 0 Å². The highest BCUT2D eigenvalue weighted by Gasteiger charge is 2.16. The summed E-state index contributed by atoms with van der Waals surface area (Å²) in [4.78, 5) is 11.7. The van der Waals surface area contributed by atoms with Gasteiger partial charge < -0.3 is 14.8 Å². The molecule has 2 aromatic carbocycles. The predicted octanol–water partition coefficient (Wildman–Crippen LogP) is 3.71. The molecule has 7 heteroatoms. The van der Waals surface area contributed by atoms with Gasteiger partial charge in [0, 0.05) is 23.3 Å². The maximum atomic E-state index is 10.4. The van der Waals surface area contributed by atoms with Gasteiger partial charge in [0.15, 0.2) is 5.82 Å². The third-order valence-electron chi connectivity index (χ3n) is 4.62. The van der Waals surface area contributed by atoms with Crippen molar-refractivity contribution < 1.29 is 9.84 Å². The van der Waals surface area contributed by atoms with Gasteiger partial charge in [-0.25, -0.2) is 4.98 Å². The first kappa shape index (κ1) is 16.6. The van der Waals surface area contributed by atoms with Crippen molar-refractivity contribution in [2.45, 2.75) is 12.9 Å². The Morgan fingerprint density at radius 3 is 2.64 bits per heavy atom. The van der Waals surface area contributed by atoms with Crippen LogP contribution in [0.15, 0.2) is 67.0 Å². The minimum atomic E-state index is -1.14. The molecule has 138 valence electrons. The summed E-state index contributed by atoms with van der Waals surface area (Å²) in [6.07, 6.45) is 2.34. The number of rotatable bonds is 5. The summed E-state index contributed by atoms with van der Waals surface area (Å²) < 4.78 is 5.55. The number of nitrogens with zero attached hydrogens (tertiary/aromatic N) is 3. The van der Waals surface area contributed by atoms with Gasteiger partial charge in [0.05, 0.1) is 23.2 Å². The van der Waals surface area contributed by atoms with Gasteiger partial charge in [-0.3, -0.25) is 10.1 Å². The molecule has 0 radical (unpaired) electrons. The van der Waals surface area contributed by atoms with E-state index in [9.17, 15) is 5.11 Å². The van der Waals surface area contributed by atoms with Crippen molar-refractivity contribution in [3.63, 3.8) is 0 Å². The molecule has 1 atom stereocenters. The topological polar surface area (TPSA) is 99.7 Å². The molecule has 1 unspecified atom stereocenters. The molecule has 0 spiro atoms. The van der Waals surface area contributed by atoms with Crippen molar-refractivity contribution in [1.82, 2.24) is 25.1 Å². The molecule has 0 fully saturated rings. The average molecular weight is 371 g/mol. The zero-order valence-corrected chi connectivity index (χ0v) is 14.8. The van der Waals surface area contributed by atoms with Crippen molar-refractivity contribution >= 4 is 21.9 Å². The lowest BCUT2D eigenvalue weighted by molar-refractivity contribution is -0.116. The van der Waals surface area contributed by atoms with Crippen LogP contribution >= 0.6 is 0 Å². The Labute approximate surface area is 160 Å². The van der Waals surface area contributed by atoms with Gasteiger partial charge in [-0.1, -0.05) is 30.3 Å². The maximum Gasteiger partial charge on any atom is 0.215 e. The van der Waals surface area contributed by atoms with Crippen LogP contribution in [0.1, 0.15) is 17.7 Å². The quantitative estimate of drug-likeness (QED) is 0.409. The fourth-order valence-corrected chi connectivity index (χ4v) is 3.22. The molecule has 7 nitrogen and oxygen atoms in total. The SMILES string of the molecule is OC(OCc1ccccc1)c1nc2cc3c(-c4ccncc4)n[nH]c3cc2[nH]1. The highest BCUT2D eigenvalue weighted by atomic mass is 16.6. The lowest BCUT2D eigenvalue weighted by Gasteiger charge is -2.09. The van der Waals surface area contributed by atoms with Crippen LogP contribution in [0.3, 0.4) is 0 Å². The number of aromatic amines is 2. The molecule has 3 aromatic heterocycles. The Bertz CT molecular complexity index is 1230. The molecule has 0 aliphatic heterocycles. The average Bonchev–Trinajstić information content (AvgIpc) is 3.35. The number of pyridine rings is 1. The first-order chi connectivity index (χ1) is 13.8. The molecule has 28 heavy (non-hydrogen) atoms. The molecule has 3 heterocycles. The summed E-state index contributed by atoms with van der Waals surface area (Å²) in [6.45, 7) is 0.302. The van der Waals surface area contributed by atoms with Crippen molar-refractivity contribution in [3.8, 4) is 11.3 Å². The molecular formula is C21H17N5O2. The van der Waals surface area contributed by atoms with E-state index in [0.29, 0.717) is 12.4 Å². The molecule has 0 bridgehead atoms. The van der Waals surface area contributed by atoms with Crippen LogP contribution in [-0.2, 0) is 11.3 Å². The fourth-order valence-electron chi connectivity index (χ4n) is 3.22. The van der Waals surface area contributed by atoms with Crippen LogP contribution in [0.5, 0.6) is 0 Å². The summed E-state index contributed by atoms with van der Waals surface area (Å²) in [5.74, 6) is 0.372. The summed E-state index contributed by atoms with van der Waals surface area (Å²) in [6, 6.07) is 17.4. The second-order valence-corrected chi connectivity index (χ2v) is 6.49. The summed E-state index contributed by atoms with van der Waals surface area (Å²) in [5, 5.41) is 18.8. The van der Waals surface area contributed by atoms with E-state index >= 15 is 0 Å². The van der Waals surface area contributed by atoms with Crippen molar-refractivity contribution in [1.29, 1.82) is 0 Å². The molecule has 0 aliphatic rings. The molecule has 5 aromatic rings. The Balaban J connectivity index is 1.45. The third kappa shape index (κ3) is 3.02. The smallest absolute Gasteiger partial charge is 0.215 e. The van der Waals surface area contributed by atoms with Crippen molar-refractivity contribution in [2.24, 2.45) is 0 Å². The molecule has 0 aliphatic carbocycles. The van der Waals surface area contributed by atoms with Crippen LogP contribution < -0.4 is 0 Å². The van der Waals surface area contributed by atoms with Crippen LogP contribution in [-0.4, -0.2) is 30.3 Å². The molecular weight excluding hydrogens is 354 g/mol. The number of aliphatic hydroxyl groups excluding tert-OH is 1. The first-order valence-corrected chi connectivity index (χ1v) is 8.90. The molecule has 3 N–H and O–H groups in total. The van der Waals surface area contributed by atoms with E-state index in [2.05, 4.69) is 25.1 Å². The fraction of sp³-hybridized carbons (Fsp3) is 0.0952. The van der Waals surface area contributed by atoms with Gasteiger partial charge in [0.1, 0.15) is 5.69 Å². The van der Waals surface area contributed by atoms with E-state index in [1.54, 1.807) is 12.4 Å². The van der Waals surface area contributed by atoms with Gasteiger partial charge in [-0.2, -0.15) is 5.10 Å². The molecule has 0 saturated carbocycles. The third-order valence-corrected chi connectivity index (χ3v) is 4.62. The Hall–Kier alpha value is -3.55. The van der Waals surface area contributed by atoms with Crippen molar-refractivity contribution in [3.05, 3.63) is 78.4 Å². The molecule has 0 amide bonds. The first-order valence-electron chi connectivity index (χ1n) is 8.90. The lowest BCUT2D eigenvalue weighted by Crippen LogP contribution is -2.05. The number of imidazole rings is 1. The minimum absolute atomic E-state index is 0.302. The van der Waals surface area contributed by atoms with Gasteiger partial charge in [0.2, 0.25) is 6.29 Å². The van der Waals surface area contributed by atoms with Crippen molar-refractivity contribution in [2.75, 3.05) is 0 Å². The zero-order chi connectivity index (χ0) is 18.9. The van der Waals surface area contributed by atoms with E-state index in [1.165, 1.54) is 0 Å². The number of hydrogen-bond acceptors (Lipinski definition) is 5. The normalized spacial score (nSPS) is 12.6. The van der Waals surface area contributed by atoms with E-state index in [-0.39, 0.29) is 0 Å². The summed E-state index contributed by atoms with van der Waals surface area (Å²) in [5.41, 5.74) is 5.22. The van der Waals surface area contributed by atoms with Crippen LogP contribution in [0.2, 0.25) is 0 Å². The van der Waals surface area contributed by atoms with E-state index in [4.69, 9.17) is 4.74 Å². The maximum absolute atomic E-state index is 10.4. The number of nitrogens with one attached hydrogen (secondary N) is 2. The number of aliphatic hydroxyl groups is 1. The van der Waals surface area contributed by atoms with Gasteiger partial charge in [0.25, 0.3) is 0 Å². The number of H-pyrrole nitrogens is 2. The highest BCUT2D eigenvalue weighted by Crippen LogP contribution is 2.29. The largest absolute Gasteiger partial charge is 0.362 e. The van der Waals surface area contributed by atoms with E-state index in [0.717, 1.165) is 38.8 Å². The van der Waals surface area contributed by atoms with Gasteiger partial charge >= 0.3 is 0 Å². The molecule has 5 rings (SSSR count). The highest BCUT2D eigenvalue weighted by molar-refractivity contribution is 6.00.